The van der Waals surface area contributed by atoms with Gasteiger partial charge in [0.1, 0.15) is 0 Å². The Morgan fingerprint density at radius 3 is 2.38 bits per heavy atom. The molecule has 0 rings (SSSR count). The minimum absolute atomic E-state index is 0.0984. The zero-order chi connectivity index (χ0) is 6.41. The second-order valence-electron chi connectivity index (χ2n) is 2.39. The molecule has 0 saturated heterocycles. The predicted molar refractivity (Wildman–Crippen MR) is 34.2 cm³/mol. The Labute approximate surface area is 51.7 Å². The molecule has 0 aromatic rings. The largest absolute Gasteiger partial charge is 0.237 e. The lowest BCUT2D eigenvalue weighted by atomic mass is 10.0. The zero-order valence-corrected chi connectivity index (χ0v) is 5.81. The van der Waals surface area contributed by atoms with Crippen LogP contribution in [0.15, 0.2) is 0 Å². The van der Waals surface area contributed by atoms with E-state index in [0.29, 0.717) is 5.92 Å². The SMILES string of the molecule is CCCC(C)CC[O]. The van der Waals surface area contributed by atoms with Gasteiger partial charge in [0.25, 0.3) is 0 Å². The first-order chi connectivity index (χ1) is 3.81. The third-order valence-corrected chi connectivity index (χ3v) is 1.39. The second-order valence-corrected chi connectivity index (χ2v) is 2.39. The lowest BCUT2D eigenvalue weighted by Gasteiger charge is -2.04. The zero-order valence-electron chi connectivity index (χ0n) is 5.81. The summed E-state index contributed by atoms with van der Waals surface area (Å²) in [4.78, 5) is 0. The Balaban J connectivity index is 2.92. The number of hydrogen-bond acceptors (Lipinski definition) is 0. The molecule has 8 heavy (non-hydrogen) atoms. The van der Waals surface area contributed by atoms with Crippen LogP contribution in [0.5, 0.6) is 0 Å². The van der Waals surface area contributed by atoms with Crippen molar-refractivity contribution >= 4 is 0 Å². The maximum Gasteiger partial charge on any atom is 0.0824 e. The molecule has 0 saturated carbocycles. The molecule has 0 aromatic carbocycles. The molecule has 0 aliphatic rings. The first-order valence-corrected chi connectivity index (χ1v) is 3.39. The van der Waals surface area contributed by atoms with E-state index in [1.165, 1.54) is 12.8 Å². The average molecular weight is 115 g/mol. The first kappa shape index (κ1) is 7.96. The van der Waals surface area contributed by atoms with Crippen LogP contribution in [0.3, 0.4) is 0 Å². The van der Waals surface area contributed by atoms with Gasteiger partial charge in [-0.2, -0.15) is 0 Å². The Morgan fingerprint density at radius 1 is 1.38 bits per heavy atom. The van der Waals surface area contributed by atoms with Crippen LogP contribution in [0.2, 0.25) is 0 Å². The van der Waals surface area contributed by atoms with Crippen molar-refractivity contribution in [3.05, 3.63) is 0 Å². The summed E-state index contributed by atoms with van der Waals surface area (Å²) in [7, 11) is 0. The van der Waals surface area contributed by atoms with Crippen molar-refractivity contribution in [1.82, 2.24) is 0 Å². The van der Waals surface area contributed by atoms with E-state index < -0.39 is 0 Å². The van der Waals surface area contributed by atoms with Crippen LogP contribution >= 0.6 is 0 Å². The van der Waals surface area contributed by atoms with Crippen LogP contribution in [0, 0.1) is 5.92 Å². The maximum absolute atomic E-state index is 10.0. The van der Waals surface area contributed by atoms with Gasteiger partial charge in [-0.15, -0.1) is 0 Å². The van der Waals surface area contributed by atoms with Gasteiger partial charge >= 0.3 is 0 Å². The standard InChI is InChI=1S/C7H15O/c1-3-4-7(2)5-6-8/h7H,3-6H2,1-2H3. The van der Waals surface area contributed by atoms with Crippen molar-refractivity contribution in [3.8, 4) is 0 Å². The maximum atomic E-state index is 10.0. The monoisotopic (exact) mass is 115 g/mol. The normalized spacial score (nSPS) is 13.9. The molecule has 0 N–H and O–H groups in total. The van der Waals surface area contributed by atoms with E-state index in [1.54, 1.807) is 0 Å². The van der Waals surface area contributed by atoms with Crippen LogP contribution in [-0.4, -0.2) is 6.61 Å². The molecule has 0 amide bonds. The predicted octanol–water partition coefficient (Wildman–Crippen LogP) is 2.24. The van der Waals surface area contributed by atoms with Crippen molar-refractivity contribution in [1.29, 1.82) is 0 Å². The van der Waals surface area contributed by atoms with E-state index in [9.17, 15) is 5.11 Å². The summed E-state index contributed by atoms with van der Waals surface area (Å²) in [6.07, 6.45) is 3.28. The van der Waals surface area contributed by atoms with Gasteiger partial charge in [0.05, 0.1) is 6.61 Å². The van der Waals surface area contributed by atoms with E-state index >= 15 is 0 Å². The van der Waals surface area contributed by atoms with Crippen molar-refractivity contribution < 1.29 is 5.11 Å². The molecule has 0 spiro atoms. The Morgan fingerprint density at radius 2 is 2.00 bits per heavy atom. The molecule has 1 unspecified atom stereocenters. The van der Waals surface area contributed by atoms with E-state index in [4.69, 9.17) is 0 Å². The summed E-state index contributed by atoms with van der Waals surface area (Å²) in [5.74, 6) is 0.650. The van der Waals surface area contributed by atoms with Gasteiger partial charge in [-0.1, -0.05) is 26.7 Å². The summed E-state index contributed by atoms with van der Waals surface area (Å²) in [5, 5.41) is 10.0. The highest BCUT2D eigenvalue weighted by atomic mass is 16.2. The van der Waals surface area contributed by atoms with E-state index in [1.807, 2.05) is 0 Å². The quantitative estimate of drug-likeness (QED) is 0.535. The molecule has 0 aromatic heterocycles. The number of rotatable bonds is 4. The topological polar surface area (TPSA) is 19.9 Å². The van der Waals surface area contributed by atoms with Gasteiger partial charge < -0.3 is 0 Å². The summed E-state index contributed by atoms with van der Waals surface area (Å²) in [5.41, 5.74) is 0. The molecule has 0 heterocycles. The Bertz CT molecular complexity index is 37.7. The summed E-state index contributed by atoms with van der Waals surface area (Å²) in [6, 6.07) is 0. The Kier molecular flexibility index (Phi) is 5.08. The summed E-state index contributed by atoms with van der Waals surface area (Å²) >= 11 is 0. The molecule has 0 bridgehead atoms. The van der Waals surface area contributed by atoms with Gasteiger partial charge in [0.2, 0.25) is 0 Å². The molecule has 49 valence electrons. The fourth-order valence-corrected chi connectivity index (χ4v) is 0.838. The highest BCUT2D eigenvalue weighted by molar-refractivity contribution is 4.48. The van der Waals surface area contributed by atoms with Crippen molar-refractivity contribution in [2.24, 2.45) is 5.92 Å². The van der Waals surface area contributed by atoms with Crippen LogP contribution in [0.25, 0.3) is 0 Å². The third-order valence-electron chi connectivity index (χ3n) is 1.39. The fraction of sp³-hybridized carbons (Fsp3) is 1.00. The molecule has 0 fully saturated rings. The Hall–Kier alpha value is -0.0400. The molecule has 0 aliphatic heterocycles. The number of hydrogen-bond donors (Lipinski definition) is 0. The van der Waals surface area contributed by atoms with Gasteiger partial charge in [-0.3, -0.25) is 0 Å². The third kappa shape index (κ3) is 4.13. The van der Waals surface area contributed by atoms with Crippen molar-refractivity contribution in [3.63, 3.8) is 0 Å². The molecule has 1 heteroatoms. The lowest BCUT2D eigenvalue weighted by Crippen LogP contribution is -1.95. The van der Waals surface area contributed by atoms with Crippen LogP contribution in [0.1, 0.15) is 33.1 Å². The van der Waals surface area contributed by atoms with Gasteiger partial charge in [0.15, 0.2) is 0 Å². The van der Waals surface area contributed by atoms with Crippen LogP contribution < -0.4 is 0 Å². The average Bonchev–Trinajstić information content (AvgIpc) is 1.68. The highest BCUT2D eigenvalue weighted by Gasteiger charge is 1.97. The first-order valence-electron chi connectivity index (χ1n) is 3.39. The van der Waals surface area contributed by atoms with Crippen LogP contribution in [-0.2, 0) is 5.11 Å². The van der Waals surface area contributed by atoms with Crippen molar-refractivity contribution in [2.75, 3.05) is 6.61 Å². The van der Waals surface area contributed by atoms with Gasteiger partial charge in [0, 0.05) is 0 Å². The fourth-order valence-electron chi connectivity index (χ4n) is 0.838. The molecule has 1 atom stereocenters. The van der Waals surface area contributed by atoms with Crippen molar-refractivity contribution in [2.45, 2.75) is 33.1 Å². The highest BCUT2D eigenvalue weighted by Crippen LogP contribution is 2.07. The molecular formula is C7H15O. The lowest BCUT2D eigenvalue weighted by molar-refractivity contribution is 0.171. The molecule has 1 radical (unpaired) electrons. The van der Waals surface area contributed by atoms with Gasteiger partial charge in [-0.05, 0) is 12.3 Å². The summed E-state index contributed by atoms with van der Waals surface area (Å²) < 4.78 is 0. The summed E-state index contributed by atoms with van der Waals surface area (Å²) in [6.45, 7) is 4.39. The molecule has 0 aliphatic carbocycles. The van der Waals surface area contributed by atoms with E-state index in [2.05, 4.69) is 13.8 Å². The molecular weight excluding hydrogens is 100 g/mol. The minimum Gasteiger partial charge on any atom is -0.237 e. The van der Waals surface area contributed by atoms with Crippen LogP contribution in [0.4, 0.5) is 0 Å². The molecule has 1 nitrogen and oxygen atoms in total. The van der Waals surface area contributed by atoms with Gasteiger partial charge in [-0.25, -0.2) is 5.11 Å². The van der Waals surface area contributed by atoms with E-state index in [-0.39, 0.29) is 6.61 Å². The smallest absolute Gasteiger partial charge is 0.0824 e. The minimum atomic E-state index is 0.0984. The van der Waals surface area contributed by atoms with E-state index in [0.717, 1.165) is 6.42 Å². The second kappa shape index (κ2) is 5.10.